The SMILES string of the molecule is O=C1N(Cc2ccncc2)c2ccccc2[C@@]12C[C@@H]2c1ccc(Cl)cc1. The van der Waals surface area contributed by atoms with Crippen LogP contribution in [0.15, 0.2) is 73.1 Å². The number of aromatic nitrogens is 1. The van der Waals surface area contributed by atoms with Gasteiger partial charge in [0.25, 0.3) is 0 Å². The number of carbonyl (C=O) groups is 1. The molecule has 0 saturated heterocycles. The maximum absolute atomic E-state index is 13.5. The third-order valence-electron chi connectivity index (χ3n) is 5.63. The van der Waals surface area contributed by atoms with E-state index in [9.17, 15) is 4.79 Å². The van der Waals surface area contributed by atoms with Crippen molar-refractivity contribution >= 4 is 23.2 Å². The summed E-state index contributed by atoms with van der Waals surface area (Å²) in [5, 5.41) is 0.723. The number of rotatable bonds is 3. The van der Waals surface area contributed by atoms with Gasteiger partial charge in [-0.05, 0) is 53.4 Å². The standard InChI is InChI=1S/C22H17ClN2O/c23-17-7-5-16(6-8-17)19-13-22(19)18-3-1-2-4-20(18)25(21(22)26)14-15-9-11-24-12-10-15/h1-12,19H,13-14H2/t19-,22-/m1/s1. The maximum Gasteiger partial charge on any atom is 0.238 e. The van der Waals surface area contributed by atoms with Crippen LogP contribution in [0, 0.1) is 0 Å². The van der Waals surface area contributed by atoms with Crippen LogP contribution in [0.5, 0.6) is 0 Å². The van der Waals surface area contributed by atoms with E-state index >= 15 is 0 Å². The Morgan fingerprint density at radius 1 is 1.04 bits per heavy atom. The van der Waals surface area contributed by atoms with E-state index in [-0.39, 0.29) is 11.8 Å². The first kappa shape index (κ1) is 15.6. The highest BCUT2D eigenvalue weighted by atomic mass is 35.5. The Bertz CT molecular complexity index is 987. The topological polar surface area (TPSA) is 33.2 Å². The molecule has 1 aromatic heterocycles. The average Bonchev–Trinajstić information content (AvgIpc) is 3.39. The Morgan fingerprint density at radius 2 is 1.77 bits per heavy atom. The Kier molecular flexibility index (Phi) is 3.41. The van der Waals surface area contributed by atoms with Crippen LogP contribution in [0.3, 0.4) is 0 Å². The molecular formula is C22H17ClN2O. The van der Waals surface area contributed by atoms with Gasteiger partial charge in [0.05, 0.1) is 12.0 Å². The number of para-hydroxylation sites is 1. The number of nitrogens with zero attached hydrogens (tertiary/aromatic N) is 2. The zero-order chi connectivity index (χ0) is 17.7. The molecule has 3 nitrogen and oxygen atoms in total. The van der Waals surface area contributed by atoms with Crippen molar-refractivity contribution in [1.29, 1.82) is 0 Å². The second kappa shape index (κ2) is 5.68. The molecule has 26 heavy (non-hydrogen) atoms. The molecule has 0 radical (unpaired) electrons. The van der Waals surface area contributed by atoms with Gasteiger partial charge < -0.3 is 4.90 Å². The van der Waals surface area contributed by atoms with Gasteiger partial charge in [0.2, 0.25) is 5.91 Å². The van der Waals surface area contributed by atoms with E-state index in [0.29, 0.717) is 6.54 Å². The lowest BCUT2D eigenvalue weighted by molar-refractivity contribution is -0.120. The first-order valence-electron chi connectivity index (χ1n) is 8.76. The molecule has 0 bridgehead atoms. The first-order valence-corrected chi connectivity index (χ1v) is 9.14. The Balaban J connectivity index is 1.54. The Morgan fingerprint density at radius 3 is 2.54 bits per heavy atom. The van der Waals surface area contributed by atoms with Crippen LogP contribution in [0.4, 0.5) is 5.69 Å². The van der Waals surface area contributed by atoms with Crippen LogP contribution >= 0.6 is 11.6 Å². The number of hydrogen-bond acceptors (Lipinski definition) is 2. The lowest BCUT2D eigenvalue weighted by Crippen LogP contribution is -2.32. The van der Waals surface area contributed by atoms with Gasteiger partial charge in [0, 0.05) is 29.0 Å². The molecule has 1 spiro atoms. The van der Waals surface area contributed by atoms with Gasteiger partial charge in [-0.25, -0.2) is 0 Å². The molecule has 2 atom stereocenters. The molecule has 1 aliphatic heterocycles. The molecule has 128 valence electrons. The summed E-state index contributed by atoms with van der Waals surface area (Å²) < 4.78 is 0. The lowest BCUT2D eigenvalue weighted by atomic mass is 9.92. The number of pyridine rings is 1. The van der Waals surface area contributed by atoms with E-state index in [4.69, 9.17) is 11.6 Å². The van der Waals surface area contributed by atoms with Crippen LogP contribution < -0.4 is 4.90 Å². The quantitative estimate of drug-likeness (QED) is 0.677. The molecule has 5 rings (SSSR count). The summed E-state index contributed by atoms with van der Waals surface area (Å²) in [5.74, 6) is 0.423. The summed E-state index contributed by atoms with van der Waals surface area (Å²) in [6.45, 7) is 0.577. The monoisotopic (exact) mass is 360 g/mol. The molecule has 1 fully saturated rings. The summed E-state index contributed by atoms with van der Waals surface area (Å²) >= 11 is 6.03. The summed E-state index contributed by atoms with van der Waals surface area (Å²) in [4.78, 5) is 19.5. The van der Waals surface area contributed by atoms with Crippen molar-refractivity contribution < 1.29 is 4.79 Å². The van der Waals surface area contributed by atoms with E-state index in [1.807, 2.05) is 53.4 Å². The van der Waals surface area contributed by atoms with E-state index in [0.717, 1.165) is 28.3 Å². The number of halogens is 1. The summed E-state index contributed by atoms with van der Waals surface area (Å²) in [5.41, 5.74) is 4.04. The van der Waals surface area contributed by atoms with Gasteiger partial charge >= 0.3 is 0 Å². The first-order chi connectivity index (χ1) is 12.7. The second-order valence-corrected chi connectivity index (χ2v) is 7.48. The number of amides is 1. The highest BCUT2D eigenvalue weighted by Gasteiger charge is 2.66. The van der Waals surface area contributed by atoms with Crippen molar-refractivity contribution in [2.75, 3.05) is 4.90 Å². The minimum absolute atomic E-state index is 0.204. The van der Waals surface area contributed by atoms with Gasteiger partial charge in [0.1, 0.15) is 0 Å². The number of fused-ring (bicyclic) bond motifs is 2. The molecular weight excluding hydrogens is 344 g/mol. The third kappa shape index (κ3) is 2.20. The molecule has 1 amide bonds. The molecule has 2 aromatic carbocycles. The minimum Gasteiger partial charge on any atom is -0.307 e. The maximum atomic E-state index is 13.5. The molecule has 4 heteroatoms. The van der Waals surface area contributed by atoms with Gasteiger partial charge in [-0.3, -0.25) is 9.78 Å². The highest BCUT2D eigenvalue weighted by Crippen LogP contribution is 2.66. The van der Waals surface area contributed by atoms with Crippen molar-refractivity contribution in [1.82, 2.24) is 4.98 Å². The van der Waals surface area contributed by atoms with Crippen molar-refractivity contribution in [3.63, 3.8) is 0 Å². The van der Waals surface area contributed by atoms with E-state index in [1.54, 1.807) is 12.4 Å². The van der Waals surface area contributed by atoms with Crippen molar-refractivity contribution in [2.45, 2.75) is 24.3 Å². The molecule has 3 aromatic rings. The predicted molar refractivity (Wildman–Crippen MR) is 102 cm³/mol. The number of anilines is 1. The molecule has 2 heterocycles. The number of carbonyl (C=O) groups excluding carboxylic acids is 1. The van der Waals surface area contributed by atoms with E-state index in [2.05, 4.69) is 17.1 Å². The molecule has 1 saturated carbocycles. The molecule has 0 N–H and O–H groups in total. The fraction of sp³-hybridized carbons (Fsp3) is 0.182. The summed E-state index contributed by atoms with van der Waals surface area (Å²) in [6, 6.07) is 20.0. The van der Waals surface area contributed by atoms with Crippen LogP contribution in [0.1, 0.15) is 29.0 Å². The fourth-order valence-corrected chi connectivity index (χ4v) is 4.40. The Hall–Kier alpha value is -2.65. The van der Waals surface area contributed by atoms with Gasteiger partial charge in [-0.2, -0.15) is 0 Å². The molecule has 0 unspecified atom stereocenters. The zero-order valence-electron chi connectivity index (χ0n) is 14.1. The Labute approximate surface area is 157 Å². The van der Waals surface area contributed by atoms with Crippen LogP contribution in [-0.2, 0) is 16.8 Å². The summed E-state index contributed by atoms with van der Waals surface area (Å²) in [7, 11) is 0. The van der Waals surface area contributed by atoms with Crippen LogP contribution in [0.2, 0.25) is 5.02 Å². The average molecular weight is 361 g/mol. The lowest BCUT2D eigenvalue weighted by Gasteiger charge is -2.18. The number of hydrogen-bond donors (Lipinski definition) is 0. The molecule has 2 aliphatic rings. The van der Waals surface area contributed by atoms with Crippen molar-refractivity contribution in [2.24, 2.45) is 0 Å². The third-order valence-corrected chi connectivity index (χ3v) is 5.88. The zero-order valence-corrected chi connectivity index (χ0v) is 14.9. The fourth-order valence-electron chi connectivity index (χ4n) is 4.27. The van der Waals surface area contributed by atoms with Crippen LogP contribution in [-0.4, -0.2) is 10.9 Å². The number of benzene rings is 2. The normalized spacial score (nSPS) is 23.3. The summed E-state index contributed by atoms with van der Waals surface area (Å²) in [6.07, 6.45) is 4.40. The minimum atomic E-state index is -0.419. The van der Waals surface area contributed by atoms with E-state index in [1.165, 1.54) is 5.56 Å². The smallest absolute Gasteiger partial charge is 0.238 e. The van der Waals surface area contributed by atoms with Crippen molar-refractivity contribution in [3.8, 4) is 0 Å². The van der Waals surface area contributed by atoms with Gasteiger partial charge in [-0.15, -0.1) is 0 Å². The molecule has 1 aliphatic carbocycles. The van der Waals surface area contributed by atoms with Crippen LogP contribution in [0.25, 0.3) is 0 Å². The van der Waals surface area contributed by atoms with Gasteiger partial charge in [0.15, 0.2) is 0 Å². The highest BCUT2D eigenvalue weighted by molar-refractivity contribution is 6.30. The second-order valence-electron chi connectivity index (χ2n) is 7.04. The largest absolute Gasteiger partial charge is 0.307 e. The van der Waals surface area contributed by atoms with Gasteiger partial charge in [-0.1, -0.05) is 41.9 Å². The van der Waals surface area contributed by atoms with Crippen molar-refractivity contribution in [3.05, 3.63) is 94.8 Å². The van der Waals surface area contributed by atoms with E-state index < -0.39 is 5.41 Å². The predicted octanol–water partition coefficient (Wildman–Crippen LogP) is 4.71.